The van der Waals surface area contributed by atoms with Crippen LogP contribution in [0.3, 0.4) is 0 Å². The molecule has 1 aromatic carbocycles. The lowest BCUT2D eigenvalue weighted by Crippen LogP contribution is -3.00. The Morgan fingerprint density at radius 1 is 0.868 bits per heavy atom. The second kappa shape index (κ2) is 19.4. The summed E-state index contributed by atoms with van der Waals surface area (Å²) >= 11 is 0. The molecular formula is C33H53IN2O2. The van der Waals surface area contributed by atoms with Crippen LogP contribution in [0.2, 0.25) is 0 Å². The second-order valence-corrected chi connectivity index (χ2v) is 11.4. The van der Waals surface area contributed by atoms with Gasteiger partial charge in [-0.2, -0.15) is 0 Å². The third kappa shape index (κ3) is 13.4. The average molecular weight is 637 g/mol. The van der Waals surface area contributed by atoms with E-state index in [4.69, 9.17) is 4.74 Å². The zero-order valence-corrected chi connectivity index (χ0v) is 26.9. The molecule has 0 unspecified atom stereocenters. The molecule has 1 N–H and O–H groups in total. The summed E-state index contributed by atoms with van der Waals surface area (Å²) in [6, 6.07) is 12.4. The lowest BCUT2D eigenvalue weighted by atomic mass is 9.85. The van der Waals surface area contributed by atoms with Crippen LogP contribution >= 0.6 is 0 Å². The number of carbonyl (C=O) groups is 1. The van der Waals surface area contributed by atoms with Crippen LogP contribution in [-0.4, -0.2) is 12.5 Å². The molecule has 0 saturated carbocycles. The number of aryl methyl sites for hydroxylation is 1. The third-order valence-corrected chi connectivity index (χ3v) is 6.94. The van der Waals surface area contributed by atoms with E-state index in [1.807, 2.05) is 18.2 Å². The summed E-state index contributed by atoms with van der Waals surface area (Å²) < 4.78 is 8.44. The quantitative estimate of drug-likeness (QED) is 0.145. The monoisotopic (exact) mass is 636 g/mol. The van der Waals surface area contributed by atoms with Crippen molar-refractivity contribution in [3.05, 3.63) is 59.4 Å². The lowest BCUT2D eigenvalue weighted by molar-refractivity contribution is -0.704. The fourth-order valence-corrected chi connectivity index (χ4v) is 4.74. The van der Waals surface area contributed by atoms with Gasteiger partial charge in [-0.15, -0.1) is 0 Å². The summed E-state index contributed by atoms with van der Waals surface area (Å²) in [7, 11) is 0. The Bertz CT molecular complexity index is 923. The van der Waals surface area contributed by atoms with Gasteiger partial charge in [0.25, 0.3) is 0 Å². The molecule has 2 aromatic rings. The normalized spacial score (nSPS) is 11.2. The topological polar surface area (TPSA) is 42.2 Å². The number of pyridine rings is 1. The lowest BCUT2D eigenvalue weighted by Gasteiger charge is -2.24. The largest absolute Gasteiger partial charge is 1.00 e. The first kappa shape index (κ1) is 34.4. The molecule has 0 spiro atoms. The smallest absolute Gasteiger partial charge is 0.224 e. The Kier molecular flexibility index (Phi) is 17.6. The van der Waals surface area contributed by atoms with E-state index in [-0.39, 0.29) is 35.3 Å². The van der Waals surface area contributed by atoms with E-state index >= 15 is 0 Å². The van der Waals surface area contributed by atoms with Gasteiger partial charge in [-0.05, 0) is 29.0 Å². The second-order valence-electron chi connectivity index (χ2n) is 11.4. The van der Waals surface area contributed by atoms with E-state index in [0.717, 1.165) is 43.0 Å². The average Bonchev–Trinajstić information content (AvgIpc) is 2.87. The highest BCUT2D eigenvalue weighted by molar-refractivity contribution is 5.78. The molecule has 214 valence electrons. The minimum atomic E-state index is -0.0463. The van der Waals surface area contributed by atoms with Crippen molar-refractivity contribution in [2.24, 2.45) is 0 Å². The number of unbranched alkanes of at least 4 members (excludes halogenated alkanes) is 9. The summed E-state index contributed by atoms with van der Waals surface area (Å²) in [5, 5.41) is 3.10. The molecule has 0 atom stereocenters. The fourth-order valence-electron chi connectivity index (χ4n) is 4.74. The first-order chi connectivity index (χ1) is 17.8. The summed E-state index contributed by atoms with van der Waals surface area (Å²) in [5.74, 6) is 1.00. The van der Waals surface area contributed by atoms with Gasteiger partial charge in [0.2, 0.25) is 11.6 Å². The van der Waals surface area contributed by atoms with Gasteiger partial charge in [0.15, 0.2) is 6.20 Å². The van der Waals surface area contributed by atoms with Crippen LogP contribution in [0.1, 0.15) is 122 Å². The number of halogens is 1. The van der Waals surface area contributed by atoms with Gasteiger partial charge in [-0.25, -0.2) is 4.57 Å². The summed E-state index contributed by atoms with van der Waals surface area (Å²) in [4.78, 5) is 12.7. The maximum absolute atomic E-state index is 12.7. The number of ether oxygens (including phenoxy) is 1. The zero-order valence-electron chi connectivity index (χ0n) is 24.8. The van der Waals surface area contributed by atoms with Crippen LogP contribution in [-0.2, 0) is 29.7 Å². The number of hydrogen-bond donors (Lipinski definition) is 1. The van der Waals surface area contributed by atoms with Crippen molar-refractivity contribution < 1.29 is 38.1 Å². The first-order valence-electron chi connectivity index (χ1n) is 14.9. The SMILES string of the molecule is CCCCCCCCCCCCOc1ccc(CC(=O)NCc2cccc[n+]2CCC)cc1C(C)(C)C.[I-]. The van der Waals surface area contributed by atoms with Gasteiger partial charge in [-0.3, -0.25) is 4.79 Å². The van der Waals surface area contributed by atoms with Gasteiger partial charge >= 0.3 is 0 Å². The predicted octanol–water partition coefficient (Wildman–Crippen LogP) is 4.84. The molecule has 0 aliphatic carbocycles. The van der Waals surface area contributed by atoms with Crippen molar-refractivity contribution in [3.63, 3.8) is 0 Å². The standard InChI is InChI=1S/C33H52N2O2.HI/c1-6-8-9-10-11-12-13-14-15-18-24-37-31-21-20-28(25-30(31)33(3,4)5)26-32(36)34-27-29-19-16-17-23-35(29)22-7-2;/h16-17,19-21,23,25H,6-15,18,22,24,26-27H2,1-5H3;1H. The van der Waals surface area contributed by atoms with Gasteiger partial charge in [-0.1, -0.05) is 111 Å². The predicted molar refractivity (Wildman–Crippen MR) is 155 cm³/mol. The molecular weight excluding hydrogens is 583 g/mol. The molecule has 4 nitrogen and oxygen atoms in total. The third-order valence-electron chi connectivity index (χ3n) is 6.94. The fraction of sp³-hybridized carbons (Fsp3) is 0.636. The van der Waals surface area contributed by atoms with Crippen molar-refractivity contribution in [3.8, 4) is 5.75 Å². The minimum Gasteiger partial charge on any atom is -1.00 e. The van der Waals surface area contributed by atoms with Gasteiger partial charge in [0.1, 0.15) is 18.8 Å². The van der Waals surface area contributed by atoms with Crippen molar-refractivity contribution >= 4 is 5.91 Å². The minimum absolute atomic E-state index is 0. The molecule has 1 heterocycles. The van der Waals surface area contributed by atoms with Crippen molar-refractivity contribution in [1.82, 2.24) is 5.32 Å². The van der Waals surface area contributed by atoms with Crippen LogP contribution in [0.15, 0.2) is 42.6 Å². The van der Waals surface area contributed by atoms with Crippen molar-refractivity contribution in [2.75, 3.05) is 6.61 Å². The molecule has 0 radical (unpaired) electrons. The molecule has 0 aliphatic heterocycles. The molecule has 2 rings (SSSR count). The molecule has 0 fully saturated rings. The number of benzene rings is 1. The van der Waals surface area contributed by atoms with Crippen LogP contribution in [0, 0.1) is 0 Å². The Hall–Kier alpha value is -1.63. The highest BCUT2D eigenvalue weighted by Gasteiger charge is 2.20. The Labute approximate surface area is 250 Å². The van der Waals surface area contributed by atoms with Crippen LogP contribution in [0.25, 0.3) is 0 Å². The molecule has 0 saturated heterocycles. The van der Waals surface area contributed by atoms with E-state index in [9.17, 15) is 4.79 Å². The number of hydrogen-bond acceptors (Lipinski definition) is 2. The molecule has 1 aromatic heterocycles. The van der Waals surface area contributed by atoms with E-state index in [0.29, 0.717) is 13.0 Å². The van der Waals surface area contributed by atoms with E-state index in [1.165, 1.54) is 63.4 Å². The Morgan fingerprint density at radius 2 is 1.53 bits per heavy atom. The van der Waals surface area contributed by atoms with E-state index < -0.39 is 0 Å². The number of aromatic nitrogens is 1. The van der Waals surface area contributed by atoms with Gasteiger partial charge in [0, 0.05) is 18.6 Å². The number of nitrogens with one attached hydrogen (secondary N) is 1. The Balaban J connectivity index is 0.00000722. The maximum Gasteiger partial charge on any atom is 0.224 e. The summed E-state index contributed by atoms with van der Waals surface area (Å²) in [6.07, 6.45) is 16.8. The van der Waals surface area contributed by atoms with E-state index in [2.05, 4.69) is 68.9 Å². The van der Waals surface area contributed by atoms with Crippen LogP contribution < -0.4 is 38.6 Å². The maximum atomic E-state index is 12.7. The summed E-state index contributed by atoms with van der Waals surface area (Å²) in [6.45, 7) is 13.3. The van der Waals surface area contributed by atoms with Gasteiger partial charge in [0.05, 0.1) is 13.0 Å². The van der Waals surface area contributed by atoms with Crippen LogP contribution in [0.5, 0.6) is 5.75 Å². The molecule has 1 amide bonds. The zero-order chi connectivity index (χ0) is 26.9. The molecule has 0 bridgehead atoms. The van der Waals surface area contributed by atoms with Crippen LogP contribution in [0.4, 0.5) is 0 Å². The number of amides is 1. The number of rotatable bonds is 18. The molecule has 38 heavy (non-hydrogen) atoms. The van der Waals surface area contributed by atoms with Crippen molar-refractivity contribution in [1.29, 1.82) is 0 Å². The molecule has 5 heteroatoms. The van der Waals surface area contributed by atoms with Gasteiger partial charge < -0.3 is 34.0 Å². The Morgan fingerprint density at radius 3 is 2.16 bits per heavy atom. The highest BCUT2D eigenvalue weighted by atomic mass is 127. The molecule has 0 aliphatic rings. The number of carbonyl (C=O) groups excluding carboxylic acids is 1. The van der Waals surface area contributed by atoms with E-state index in [1.54, 1.807) is 0 Å². The first-order valence-corrected chi connectivity index (χ1v) is 14.9. The highest BCUT2D eigenvalue weighted by Crippen LogP contribution is 2.32. The summed E-state index contributed by atoms with van der Waals surface area (Å²) in [5.41, 5.74) is 3.29. The number of nitrogens with zero attached hydrogens (tertiary/aromatic N) is 1. The van der Waals surface area contributed by atoms with Crippen molar-refractivity contribution in [2.45, 2.75) is 130 Å².